The molecule has 2 rings (SSSR count). The molecule has 1 aliphatic carbocycles. The van der Waals surface area contributed by atoms with E-state index in [-0.39, 0.29) is 11.7 Å². The van der Waals surface area contributed by atoms with E-state index in [0.29, 0.717) is 6.61 Å². The SMILES string of the molecule is CCCC(COc1ccc2c(c1)CCC2)CS(=O)(=O)Cl. The van der Waals surface area contributed by atoms with Gasteiger partial charge in [0.1, 0.15) is 5.75 Å². The number of ether oxygens (including phenoxy) is 1. The molecule has 0 saturated carbocycles. The first-order valence-electron chi connectivity index (χ1n) is 7.15. The zero-order chi connectivity index (χ0) is 14.6. The highest BCUT2D eigenvalue weighted by Crippen LogP contribution is 2.26. The van der Waals surface area contributed by atoms with Crippen LogP contribution in [0.5, 0.6) is 5.75 Å². The minimum atomic E-state index is -3.47. The van der Waals surface area contributed by atoms with Crippen LogP contribution in [0.3, 0.4) is 0 Å². The minimum Gasteiger partial charge on any atom is -0.493 e. The molecule has 0 bridgehead atoms. The van der Waals surface area contributed by atoms with E-state index in [1.807, 2.05) is 13.0 Å². The van der Waals surface area contributed by atoms with Gasteiger partial charge in [0.05, 0.1) is 12.4 Å². The average molecular weight is 317 g/mol. The summed E-state index contributed by atoms with van der Waals surface area (Å²) in [5.41, 5.74) is 2.77. The van der Waals surface area contributed by atoms with Gasteiger partial charge in [-0.25, -0.2) is 8.42 Å². The molecule has 5 heteroatoms. The molecule has 1 aromatic carbocycles. The molecule has 0 fully saturated rings. The van der Waals surface area contributed by atoms with E-state index in [1.165, 1.54) is 17.5 Å². The van der Waals surface area contributed by atoms with Crippen LogP contribution in [0.2, 0.25) is 0 Å². The lowest BCUT2D eigenvalue weighted by Crippen LogP contribution is -2.19. The van der Waals surface area contributed by atoms with Crippen molar-refractivity contribution in [2.75, 3.05) is 12.4 Å². The fourth-order valence-corrected chi connectivity index (χ4v) is 4.12. The molecule has 0 radical (unpaired) electrons. The fourth-order valence-electron chi connectivity index (χ4n) is 2.76. The molecule has 0 saturated heterocycles. The molecule has 0 amide bonds. The highest BCUT2D eigenvalue weighted by molar-refractivity contribution is 8.13. The molecule has 0 N–H and O–H groups in total. The summed E-state index contributed by atoms with van der Waals surface area (Å²) >= 11 is 0. The third-order valence-corrected chi connectivity index (χ3v) is 4.93. The predicted molar refractivity (Wildman–Crippen MR) is 82.0 cm³/mol. The zero-order valence-electron chi connectivity index (χ0n) is 11.8. The summed E-state index contributed by atoms with van der Waals surface area (Å²) in [6.07, 6.45) is 5.20. The molecule has 1 aliphatic rings. The number of fused-ring (bicyclic) bond motifs is 1. The Labute approximate surface area is 125 Å². The Bertz CT molecular complexity index is 554. The summed E-state index contributed by atoms with van der Waals surface area (Å²) in [5.74, 6) is 0.766. The normalized spacial score (nSPS) is 15.9. The van der Waals surface area contributed by atoms with Crippen molar-refractivity contribution < 1.29 is 13.2 Å². The van der Waals surface area contributed by atoms with Crippen LogP contribution in [-0.4, -0.2) is 20.8 Å². The van der Waals surface area contributed by atoms with Gasteiger partial charge in [-0.15, -0.1) is 0 Å². The van der Waals surface area contributed by atoms with Gasteiger partial charge in [-0.05, 0) is 48.9 Å². The van der Waals surface area contributed by atoms with Gasteiger partial charge in [-0.2, -0.15) is 0 Å². The molecule has 1 aromatic rings. The second-order valence-corrected chi connectivity index (χ2v) is 8.28. The minimum absolute atomic E-state index is 0.0205. The van der Waals surface area contributed by atoms with Crippen molar-refractivity contribution in [3.8, 4) is 5.75 Å². The molecule has 112 valence electrons. The summed E-state index contributed by atoms with van der Waals surface area (Å²) in [6, 6.07) is 6.17. The van der Waals surface area contributed by atoms with Crippen LogP contribution < -0.4 is 4.74 Å². The van der Waals surface area contributed by atoms with Crippen molar-refractivity contribution in [2.45, 2.75) is 39.0 Å². The fraction of sp³-hybridized carbons (Fsp3) is 0.600. The van der Waals surface area contributed by atoms with Gasteiger partial charge in [-0.1, -0.05) is 19.4 Å². The molecule has 0 aromatic heterocycles. The van der Waals surface area contributed by atoms with Crippen molar-refractivity contribution in [3.05, 3.63) is 29.3 Å². The molecule has 1 unspecified atom stereocenters. The number of rotatable bonds is 7. The van der Waals surface area contributed by atoms with Crippen molar-refractivity contribution in [1.82, 2.24) is 0 Å². The molecule has 0 spiro atoms. The first-order valence-corrected chi connectivity index (χ1v) is 9.62. The molecule has 0 heterocycles. The molecule has 1 atom stereocenters. The number of halogens is 1. The van der Waals surface area contributed by atoms with E-state index in [1.54, 1.807) is 0 Å². The Morgan fingerprint density at radius 2 is 2.05 bits per heavy atom. The smallest absolute Gasteiger partial charge is 0.232 e. The van der Waals surface area contributed by atoms with Gasteiger partial charge in [-0.3, -0.25) is 0 Å². The van der Waals surface area contributed by atoms with Crippen molar-refractivity contribution in [2.24, 2.45) is 5.92 Å². The standard InChI is InChI=1S/C15H21ClO3S/c1-2-4-12(11-20(16,17)18)10-19-15-8-7-13-5-3-6-14(13)9-15/h7-9,12H,2-6,10-11H2,1H3. The van der Waals surface area contributed by atoms with E-state index in [0.717, 1.165) is 31.4 Å². The number of benzene rings is 1. The topological polar surface area (TPSA) is 43.4 Å². The van der Waals surface area contributed by atoms with Gasteiger partial charge < -0.3 is 4.74 Å². The largest absolute Gasteiger partial charge is 0.493 e. The van der Waals surface area contributed by atoms with Gasteiger partial charge in [0.2, 0.25) is 9.05 Å². The van der Waals surface area contributed by atoms with Gasteiger partial charge in [0.25, 0.3) is 0 Å². The van der Waals surface area contributed by atoms with Crippen LogP contribution >= 0.6 is 10.7 Å². The summed E-state index contributed by atoms with van der Waals surface area (Å²) in [7, 11) is 1.87. The van der Waals surface area contributed by atoms with Crippen LogP contribution in [0.1, 0.15) is 37.3 Å². The van der Waals surface area contributed by atoms with E-state index >= 15 is 0 Å². The van der Waals surface area contributed by atoms with Gasteiger partial charge in [0, 0.05) is 16.6 Å². The van der Waals surface area contributed by atoms with Crippen LogP contribution in [0.4, 0.5) is 0 Å². The summed E-state index contributed by atoms with van der Waals surface area (Å²) < 4.78 is 28.2. The molecule has 20 heavy (non-hydrogen) atoms. The first kappa shape index (κ1) is 15.6. The summed E-state index contributed by atoms with van der Waals surface area (Å²) in [5, 5.41) is 0. The number of aryl methyl sites for hydroxylation is 2. The molecule has 3 nitrogen and oxygen atoms in total. The predicted octanol–water partition coefficient (Wildman–Crippen LogP) is 3.54. The second-order valence-electron chi connectivity index (χ2n) is 5.46. The summed E-state index contributed by atoms with van der Waals surface area (Å²) in [4.78, 5) is 0. The highest BCUT2D eigenvalue weighted by Gasteiger charge is 2.18. The Morgan fingerprint density at radius 1 is 1.30 bits per heavy atom. The lowest BCUT2D eigenvalue weighted by molar-refractivity contribution is 0.253. The molecular formula is C15H21ClO3S. The van der Waals surface area contributed by atoms with Gasteiger partial charge in [0.15, 0.2) is 0 Å². The summed E-state index contributed by atoms with van der Waals surface area (Å²) in [6.45, 7) is 2.43. The number of hydrogen-bond donors (Lipinski definition) is 0. The number of hydrogen-bond acceptors (Lipinski definition) is 3. The van der Waals surface area contributed by atoms with E-state index < -0.39 is 9.05 Å². The Kier molecular flexibility index (Phi) is 5.33. The average Bonchev–Trinajstić information content (AvgIpc) is 2.81. The molecular weight excluding hydrogens is 296 g/mol. The molecule has 0 aliphatic heterocycles. The Morgan fingerprint density at radius 3 is 2.75 bits per heavy atom. The lowest BCUT2D eigenvalue weighted by atomic mass is 10.1. The maximum Gasteiger partial charge on any atom is 0.232 e. The maximum atomic E-state index is 11.2. The third-order valence-electron chi connectivity index (χ3n) is 3.69. The zero-order valence-corrected chi connectivity index (χ0v) is 13.3. The Hall–Kier alpha value is -0.740. The monoisotopic (exact) mass is 316 g/mol. The van der Waals surface area contributed by atoms with Crippen molar-refractivity contribution in [1.29, 1.82) is 0 Å². The van der Waals surface area contributed by atoms with Crippen LogP contribution in [-0.2, 0) is 21.9 Å². The Balaban J connectivity index is 1.95. The van der Waals surface area contributed by atoms with Crippen LogP contribution in [0.25, 0.3) is 0 Å². The van der Waals surface area contributed by atoms with Crippen molar-refractivity contribution >= 4 is 19.7 Å². The highest BCUT2D eigenvalue weighted by atomic mass is 35.7. The van der Waals surface area contributed by atoms with Crippen LogP contribution in [0.15, 0.2) is 18.2 Å². The third kappa shape index (κ3) is 4.67. The second kappa shape index (κ2) is 6.81. The maximum absolute atomic E-state index is 11.2. The van der Waals surface area contributed by atoms with E-state index in [9.17, 15) is 8.42 Å². The van der Waals surface area contributed by atoms with E-state index in [2.05, 4.69) is 12.1 Å². The van der Waals surface area contributed by atoms with Crippen molar-refractivity contribution in [3.63, 3.8) is 0 Å². The van der Waals surface area contributed by atoms with Gasteiger partial charge >= 0.3 is 0 Å². The van der Waals surface area contributed by atoms with Crippen LogP contribution in [0, 0.1) is 5.92 Å². The first-order chi connectivity index (χ1) is 9.48. The quantitative estimate of drug-likeness (QED) is 0.723. The lowest BCUT2D eigenvalue weighted by Gasteiger charge is -2.16. The van der Waals surface area contributed by atoms with E-state index in [4.69, 9.17) is 15.4 Å².